The molecule has 6 heteroatoms. The third kappa shape index (κ3) is 7.35. The van der Waals surface area contributed by atoms with E-state index in [-0.39, 0.29) is 11.5 Å². The molecule has 0 spiro atoms. The van der Waals surface area contributed by atoms with Gasteiger partial charge >= 0.3 is 0 Å². The van der Waals surface area contributed by atoms with E-state index in [4.69, 9.17) is 13.7 Å². The predicted molar refractivity (Wildman–Crippen MR) is 102 cm³/mol. The van der Waals surface area contributed by atoms with Crippen LogP contribution in [-0.4, -0.2) is 40.4 Å². The number of aryl methyl sites for hydroxylation is 1. The highest BCUT2D eigenvalue weighted by Gasteiger charge is 2.30. The molecule has 0 bridgehead atoms. The van der Waals surface area contributed by atoms with Crippen molar-refractivity contribution in [3.63, 3.8) is 0 Å². The van der Waals surface area contributed by atoms with Crippen molar-refractivity contribution in [2.45, 2.75) is 75.9 Å². The van der Waals surface area contributed by atoms with Crippen molar-refractivity contribution in [3.8, 4) is 0 Å². The van der Waals surface area contributed by atoms with Gasteiger partial charge in [-0.1, -0.05) is 31.0 Å². The van der Waals surface area contributed by atoms with Crippen LogP contribution in [-0.2, 0) is 23.8 Å². The van der Waals surface area contributed by atoms with Crippen molar-refractivity contribution in [2.24, 2.45) is 0 Å². The van der Waals surface area contributed by atoms with Gasteiger partial charge < -0.3 is 9.47 Å². The number of hydrogen-bond donors (Lipinski definition) is 0. The Morgan fingerprint density at radius 1 is 0.885 bits per heavy atom. The summed E-state index contributed by atoms with van der Waals surface area (Å²) in [7, 11) is -3.64. The van der Waals surface area contributed by atoms with Gasteiger partial charge in [0.2, 0.25) is 0 Å². The van der Waals surface area contributed by atoms with Crippen LogP contribution in [0.2, 0.25) is 0 Å². The Bertz CT molecular complexity index is 606. The van der Waals surface area contributed by atoms with Crippen LogP contribution in [0.4, 0.5) is 0 Å². The molecule has 1 saturated carbocycles. The monoisotopic (exact) mass is 384 g/mol. The summed E-state index contributed by atoms with van der Waals surface area (Å²) in [5.74, 6) is 0. The predicted octanol–water partition coefficient (Wildman–Crippen LogP) is 4.23. The van der Waals surface area contributed by atoms with Crippen molar-refractivity contribution >= 4 is 10.1 Å². The molecule has 0 amide bonds. The maximum atomic E-state index is 12.0. The molecule has 0 aromatic heterocycles. The summed E-state index contributed by atoms with van der Waals surface area (Å²) >= 11 is 0. The van der Waals surface area contributed by atoms with Gasteiger partial charge in [-0.05, 0) is 57.6 Å². The van der Waals surface area contributed by atoms with Crippen LogP contribution in [0, 0.1) is 6.92 Å². The van der Waals surface area contributed by atoms with Gasteiger partial charge in [-0.2, -0.15) is 8.42 Å². The van der Waals surface area contributed by atoms with Crippen LogP contribution in [0.1, 0.15) is 57.4 Å². The highest BCUT2D eigenvalue weighted by atomic mass is 32.2. The fourth-order valence-electron chi connectivity index (χ4n) is 2.76. The highest BCUT2D eigenvalue weighted by molar-refractivity contribution is 7.86. The first-order valence-electron chi connectivity index (χ1n) is 9.70. The molecule has 26 heavy (non-hydrogen) atoms. The Labute approximate surface area is 158 Å². The van der Waals surface area contributed by atoms with Crippen molar-refractivity contribution in [1.82, 2.24) is 0 Å². The molecule has 0 heterocycles. The lowest BCUT2D eigenvalue weighted by Crippen LogP contribution is -2.37. The minimum atomic E-state index is -3.64. The molecule has 2 rings (SSSR count). The van der Waals surface area contributed by atoms with Gasteiger partial charge in [0.1, 0.15) is 0 Å². The largest absolute Gasteiger partial charge is 0.378 e. The average Bonchev–Trinajstić information content (AvgIpc) is 2.58. The van der Waals surface area contributed by atoms with Crippen molar-refractivity contribution in [3.05, 3.63) is 29.8 Å². The Morgan fingerprint density at radius 2 is 1.46 bits per heavy atom. The van der Waals surface area contributed by atoms with E-state index in [1.807, 2.05) is 6.92 Å². The van der Waals surface area contributed by atoms with Crippen LogP contribution in [0.3, 0.4) is 0 Å². The first-order valence-corrected chi connectivity index (χ1v) is 11.1. The quantitative estimate of drug-likeness (QED) is 0.376. The molecule has 5 nitrogen and oxygen atoms in total. The van der Waals surface area contributed by atoms with E-state index in [0.29, 0.717) is 18.6 Å². The molecule has 148 valence electrons. The maximum Gasteiger partial charge on any atom is 0.296 e. The second-order valence-electron chi connectivity index (χ2n) is 6.96. The molecule has 1 aliphatic rings. The topological polar surface area (TPSA) is 61.8 Å². The van der Waals surface area contributed by atoms with Crippen LogP contribution in [0.25, 0.3) is 0 Å². The first kappa shape index (κ1) is 21.4. The summed E-state index contributed by atoms with van der Waals surface area (Å²) in [5, 5.41) is 0. The summed E-state index contributed by atoms with van der Waals surface area (Å²) in [4.78, 5) is 0.215. The SMILES string of the molecule is CCCCOC1CC(OCCCCCOS(=O)(=O)c2ccc(C)cc2)C1. The molecular formula is C20H32O5S. The summed E-state index contributed by atoms with van der Waals surface area (Å²) in [6, 6.07) is 6.70. The van der Waals surface area contributed by atoms with E-state index in [1.165, 1.54) is 6.42 Å². The Hall–Kier alpha value is -0.950. The number of hydrogen-bond acceptors (Lipinski definition) is 5. The lowest BCUT2D eigenvalue weighted by molar-refractivity contribution is -0.102. The Balaban J connectivity index is 1.47. The molecule has 0 saturated heterocycles. The molecule has 1 fully saturated rings. The second-order valence-corrected chi connectivity index (χ2v) is 8.58. The molecule has 1 aromatic carbocycles. The number of unbranched alkanes of at least 4 members (excludes halogenated alkanes) is 3. The molecule has 1 aliphatic carbocycles. The molecule has 0 N–H and O–H groups in total. The number of rotatable bonds is 13. The lowest BCUT2D eigenvalue weighted by atomic mass is 9.92. The molecular weight excluding hydrogens is 352 g/mol. The second kappa shape index (κ2) is 11.0. The third-order valence-corrected chi connectivity index (χ3v) is 5.92. The van der Waals surface area contributed by atoms with E-state index in [0.717, 1.165) is 50.9 Å². The van der Waals surface area contributed by atoms with E-state index < -0.39 is 10.1 Å². The molecule has 0 aliphatic heterocycles. The van der Waals surface area contributed by atoms with E-state index >= 15 is 0 Å². The van der Waals surface area contributed by atoms with Gasteiger partial charge in [0.15, 0.2) is 0 Å². The lowest BCUT2D eigenvalue weighted by Gasteiger charge is -2.35. The van der Waals surface area contributed by atoms with Gasteiger partial charge in [0, 0.05) is 13.2 Å². The molecule has 0 unspecified atom stereocenters. The van der Waals surface area contributed by atoms with Gasteiger partial charge in [0.25, 0.3) is 10.1 Å². The van der Waals surface area contributed by atoms with Gasteiger partial charge in [-0.3, -0.25) is 4.18 Å². The smallest absolute Gasteiger partial charge is 0.296 e. The number of ether oxygens (including phenoxy) is 2. The van der Waals surface area contributed by atoms with Crippen molar-refractivity contribution in [1.29, 1.82) is 0 Å². The summed E-state index contributed by atoms with van der Waals surface area (Å²) < 4.78 is 40.7. The zero-order valence-electron chi connectivity index (χ0n) is 16.0. The highest BCUT2D eigenvalue weighted by Crippen LogP contribution is 2.26. The first-order chi connectivity index (χ1) is 12.5. The number of benzene rings is 1. The van der Waals surface area contributed by atoms with Crippen molar-refractivity contribution in [2.75, 3.05) is 19.8 Å². The van der Waals surface area contributed by atoms with Gasteiger partial charge in [0.05, 0.1) is 23.7 Å². The van der Waals surface area contributed by atoms with E-state index in [2.05, 4.69) is 6.92 Å². The summed E-state index contributed by atoms with van der Waals surface area (Å²) in [6.45, 7) is 5.88. The minimum Gasteiger partial charge on any atom is -0.378 e. The normalized spacial score (nSPS) is 20.1. The van der Waals surface area contributed by atoms with Crippen LogP contribution < -0.4 is 0 Å². The van der Waals surface area contributed by atoms with E-state index in [9.17, 15) is 8.42 Å². The Morgan fingerprint density at radius 3 is 2.08 bits per heavy atom. The fourth-order valence-corrected chi connectivity index (χ4v) is 3.70. The summed E-state index contributed by atoms with van der Waals surface area (Å²) in [5.41, 5.74) is 1.02. The summed E-state index contributed by atoms with van der Waals surface area (Å²) in [6.07, 6.45) is 7.54. The fraction of sp³-hybridized carbons (Fsp3) is 0.700. The van der Waals surface area contributed by atoms with Crippen LogP contribution in [0.15, 0.2) is 29.2 Å². The van der Waals surface area contributed by atoms with Crippen molar-refractivity contribution < 1.29 is 22.1 Å². The zero-order valence-corrected chi connectivity index (χ0v) is 16.8. The maximum absolute atomic E-state index is 12.0. The van der Waals surface area contributed by atoms with Gasteiger partial charge in [-0.25, -0.2) is 0 Å². The minimum absolute atomic E-state index is 0.215. The van der Waals surface area contributed by atoms with Crippen LogP contribution in [0.5, 0.6) is 0 Å². The van der Waals surface area contributed by atoms with E-state index in [1.54, 1.807) is 24.3 Å². The van der Waals surface area contributed by atoms with Gasteiger partial charge in [-0.15, -0.1) is 0 Å². The van der Waals surface area contributed by atoms with Crippen LogP contribution >= 0.6 is 0 Å². The molecule has 1 aromatic rings. The standard InChI is InChI=1S/C20H32O5S/c1-3-4-12-23-18-15-19(16-18)24-13-6-5-7-14-25-26(21,22)20-10-8-17(2)9-11-20/h8-11,18-19H,3-7,12-16H2,1-2H3. The molecule has 0 radical (unpaired) electrons. The average molecular weight is 385 g/mol. The Kier molecular flexibility index (Phi) is 9.05. The third-order valence-electron chi connectivity index (χ3n) is 4.59. The zero-order chi connectivity index (χ0) is 18.8. The molecule has 0 atom stereocenters.